The van der Waals surface area contributed by atoms with Crippen LogP contribution in [0.1, 0.15) is 33.1 Å². The molecule has 0 aliphatic rings. The Morgan fingerprint density at radius 2 is 2.10 bits per heavy atom. The van der Waals surface area contributed by atoms with E-state index in [4.69, 9.17) is 5.73 Å². The molecule has 0 bridgehead atoms. The molecule has 0 amide bonds. The van der Waals surface area contributed by atoms with Gasteiger partial charge in [0, 0.05) is 6.04 Å². The van der Waals surface area contributed by atoms with Gasteiger partial charge in [0.05, 0.1) is 0 Å². The van der Waals surface area contributed by atoms with E-state index in [9.17, 15) is 0 Å². The lowest BCUT2D eigenvalue weighted by Crippen LogP contribution is -2.21. The van der Waals surface area contributed by atoms with Gasteiger partial charge in [-0.3, -0.25) is 0 Å². The predicted octanol–water partition coefficient (Wildman–Crippen LogP) is 2.33. The lowest BCUT2D eigenvalue weighted by Gasteiger charge is -2.11. The maximum absolute atomic E-state index is 5.81. The molecule has 0 unspecified atom stereocenters. The first-order valence-electron chi connectivity index (χ1n) is 4.03. The molecule has 0 heterocycles. The van der Waals surface area contributed by atoms with E-state index in [0.29, 0.717) is 6.04 Å². The van der Waals surface area contributed by atoms with Crippen LogP contribution in [0.4, 0.5) is 0 Å². The van der Waals surface area contributed by atoms with Crippen LogP contribution in [0.5, 0.6) is 0 Å². The maximum atomic E-state index is 5.81. The van der Waals surface area contributed by atoms with Crippen LogP contribution in [-0.4, -0.2) is 6.04 Å². The van der Waals surface area contributed by atoms with Crippen LogP contribution in [0.25, 0.3) is 0 Å². The largest absolute Gasteiger partial charge is 0.328 e. The Hall–Kier alpha value is -0.300. The van der Waals surface area contributed by atoms with Gasteiger partial charge in [0.25, 0.3) is 0 Å². The first-order valence-corrected chi connectivity index (χ1v) is 4.03. The van der Waals surface area contributed by atoms with Gasteiger partial charge in [-0.2, -0.15) is 0 Å². The van der Waals surface area contributed by atoms with E-state index in [-0.39, 0.29) is 0 Å². The molecule has 0 aliphatic carbocycles. The van der Waals surface area contributed by atoms with Crippen molar-refractivity contribution in [3.8, 4) is 0 Å². The van der Waals surface area contributed by atoms with Gasteiger partial charge in [-0.25, -0.2) is 0 Å². The Balaban J connectivity index is 3.24. The second kappa shape index (κ2) is 5.48. The molecule has 2 N–H and O–H groups in total. The summed E-state index contributed by atoms with van der Waals surface area (Å²) in [6, 6.07) is 0.373. The standard InChI is InChI=1S/C9H19N/c1-4-5-6-9(10)7-8(2)3/h4,8-9H,1,5-7,10H2,2-3H3/t9-/m1/s1. The van der Waals surface area contributed by atoms with Crippen molar-refractivity contribution < 1.29 is 0 Å². The minimum atomic E-state index is 0.373. The number of allylic oxidation sites excluding steroid dienone is 1. The second-order valence-electron chi connectivity index (χ2n) is 3.26. The summed E-state index contributed by atoms with van der Waals surface area (Å²) in [7, 11) is 0. The fourth-order valence-corrected chi connectivity index (χ4v) is 1.06. The summed E-state index contributed by atoms with van der Waals surface area (Å²) in [5.74, 6) is 0.722. The minimum Gasteiger partial charge on any atom is -0.328 e. The summed E-state index contributed by atoms with van der Waals surface area (Å²) in [5, 5.41) is 0. The zero-order valence-electron chi connectivity index (χ0n) is 7.14. The average molecular weight is 141 g/mol. The highest BCUT2D eigenvalue weighted by Crippen LogP contribution is 2.07. The molecule has 0 radical (unpaired) electrons. The summed E-state index contributed by atoms with van der Waals surface area (Å²) >= 11 is 0. The lowest BCUT2D eigenvalue weighted by molar-refractivity contribution is 0.476. The van der Waals surface area contributed by atoms with E-state index in [1.54, 1.807) is 0 Å². The van der Waals surface area contributed by atoms with Crippen LogP contribution in [0.15, 0.2) is 12.7 Å². The number of hydrogen-bond donors (Lipinski definition) is 1. The van der Waals surface area contributed by atoms with Crippen LogP contribution in [0.2, 0.25) is 0 Å². The second-order valence-corrected chi connectivity index (χ2v) is 3.26. The third-order valence-corrected chi connectivity index (χ3v) is 1.52. The fraction of sp³-hybridized carbons (Fsp3) is 0.778. The van der Waals surface area contributed by atoms with Crippen LogP contribution < -0.4 is 5.73 Å². The highest BCUT2D eigenvalue weighted by atomic mass is 14.6. The fourth-order valence-electron chi connectivity index (χ4n) is 1.06. The van der Waals surface area contributed by atoms with Crippen molar-refractivity contribution in [3.63, 3.8) is 0 Å². The molecule has 0 saturated carbocycles. The Kier molecular flexibility index (Phi) is 5.32. The molecule has 0 rings (SSSR count). The third-order valence-electron chi connectivity index (χ3n) is 1.52. The normalized spacial score (nSPS) is 13.6. The molecule has 1 heteroatoms. The number of nitrogens with two attached hydrogens (primary N) is 1. The first-order chi connectivity index (χ1) is 4.66. The van der Waals surface area contributed by atoms with Crippen LogP contribution in [0, 0.1) is 5.92 Å². The summed E-state index contributed by atoms with van der Waals surface area (Å²) in [6.07, 6.45) is 5.20. The summed E-state index contributed by atoms with van der Waals surface area (Å²) in [5.41, 5.74) is 5.81. The van der Waals surface area contributed by atoms with Gasteiger partial charge in [0.15, 0.2) is 0 Å². The molecule has 0 aromatic carbocycles. The Morgan fingerprint density at radius 1 is 1.50 bits per heavy atom. The van der Waals surface area contributed by atoms with Crippen molar-refractivity contribution in [2.24, 2.45) is 11.7 Å². The molecule has 0 saturated heterocycles. The van der Waals surface area contributed by atoms with E-state index in [2.05, 4.69) is 20.4 Å². The van der Waals surface area contributed by atoms with Gasteiger partial charge < -0.3 is 5.73 Å². The average Bonchev–Trinajstić information content (AvgIpc) is 1.82. The van der Waals surface area contributed by atoms with Crippen molar-refractivity contribution in [1.29, 1.82) is 0 Å². The van der Waals surface area contributed by atoms with E-state index in [0.717, 1.165) is 25.2 Å². The monoisotopic (exact) mass is 141 g/mol. The van der Waals surface area contributed by atoms with Crippen molar-refractivity contribution in [1.82, 2.24) is 0 Å². The molecular formula is C9H19N. The predicted molar refractivity (Wildman–Crippen MR) is 46.9 cm³/mol. The molecule has 60 valence electrons. The van der Waals surface area contributed by atoms with E-state index in [1.807, 2.05) is 6.08 Å². The molecule has 1 nitrogen and oxygen atoms in total. The van der Waals surface area contributed by atoms with Gasteiger partial charge >= 0.3 is 0 Å². The molecule has 10 heavy (non-hydrogen) atoms. The molecule has 0 aromatic heterocycles. The SMILES string of the molecule is C=CCC[C@@H](N)CC(C)C. The first kappa shape index (κ1) is 9.70. The smallest absolute Gasteiger partial charge is 0.00442 e. The van der Waals surface area contributed by atoms with Crippen molar-refractivity contribution in [2.45, 2.75) is 39.2 Å². The molecule has 1 atom stereocenters. The van der Waals surface area contributed by atoms with Crippen molar-refractivity contribution in [3.05, 3.63) is 12.7 Å². The molecule has 0 aromatic rings. The molecular weight excluding hydrogens is 122 g/mol. The minimum absolute atomic E-state index is 0.373. The summed E-state index contributed by atoms with van der Waals surface area (Å²) < 4.78 is 0. The van der Waals surface area contributed by atoms with Gasteiger partial charge in [-0.1, -0.05) is 19.9 Å². The summed E-state index contributed by atoms with van der Waals surface area (Å²) in [6.45, 7) is 8.06. The lowest BCUT2D eigenvalue weighted by atomic mass is 10.0. The van der Waals surface area contributed by atoms with E-state index in [1.165, 1.54) is 0 Å². The third kappa shape index (κ3) is 5.83. The van der Waals surface area contributed by atoms with E-state index >= 15 is 0 Å². The van der Waals surface area contributed by atoms with Gasteiger partial charge in [-0.05, 0) is 25.2 Å². The van der Waals surface area contributed by atoms with Gasteiger partial charge in [0.2, 0.25) is 0 Å². The van der Waals surface area contributed by atoms with Crippen molar-refractivity contribution in [2.75, 3.05) is 0 Å². The quantitative estimate of drug-likeness (QED) is 0.584. The highest BCUT2D eigenvalue weighted by Gasteiger charge is 2.02. The van der Waals surface area contributed by atoms with E-state index < -0.39 is 0 Å². The zero-order valence-corrected chi connectivity index (χ0v) is 7.14. The zero-order chi connectivity index (χ0) is 7.98. The number of hydrogen-bond acceptors (Lipinski definition) is 1. The van der Waals surface area contributed by atoms with Crippen LogP contribution >= 0.6 is 0 Å². The van der Waals surface area contributed by atoms with Gasteiger partial charge in [0.1, 0.15) is 0 Å². The Morgan fingerprint density at radius 3 is 2.50 bits per heavy atom. The molecule has 0 fully saturated rings. The number of rotatable bonds is 5. The Bertz CT molecular complexity index is 86.7. The van der Waals surface area contributed by atoms with Crippen LogP contribution in [0.3, 0.4) is 0 Å². The summed E-state index contributed by atoms with van der Waals surface area (Å²) in [4.78, 5) is 0. The molecule has 0 aliphatic heterocycles. The van der Waals surface area contributed by atoms with Crippen LogP contribution in [-0.2, 0) is 0 Å². The maximum Gasteiger partial charge on any atom is 0.00442 e. The molecule has 0 spiro atoms. The van der Waals surface area contributed by atoms with Gasteiger partial charge in [-0.15, -0.1) is 6.58 Å². The highest BCUT2D eigenvalue weighted by molar-refractivity contribution is 4.71. The Labute approximate surface area is 64.3 Å². The van der Waals surface area contributed by atoms with Crippen molar-refractivity contribution >= 4 is 0 Å². The topological polar surface area (TPSA) is 26.0 Å².